The van der Waals surface area contributed by atoms with Gasteiger partial charge in [-0.25, -0.2) is 4.79 Å². The molecule has 0 aliphatic heterocycles. The molecule has 0 unspecified atom stereocenters. The molecule has 0 heterocycles. The number of benzene rings is 2. The van der Waals surface area contributed by atoms with Crippen LogP contribution in [-0.4, -0.2) is 19.7 Å². The maximum atomic E-state index is 12.9. The minimum atomic E-state index is -4.54. The zero-order valence-corrected chi connectivity index (χ0v) is 13.9. The maximum absolute atomic E-state index is 12.9. The van der Waals surface area contributed by atoms with Gasteiger partial charge >= 0.3 is 12.3 Å². The van der Waals surface area contributed by atoms with E-state index in [4.69, 9.17) is 9.47 Å². The standard InChI is InChI=1S/C19H16F3NO3/c1-25-17-10-9-14(12-16(17)19(20,21)22)8-5-11-23-18(24)26-13-15-6-3-2-4-7-15/h2-4,6-7,9-10,12H,11,13H2,1H3,(H,23,24). The number of hydrogen-bond donors (Lipinski definition) is 1. The molecular weight excluding hydrogens is 347 g/mol. The van der Waals surface area contributed by atoms with Gasteiger partial charge in [-0.1, -0.05) is 42.2 Å². The molecule has 0 bridgehead atoms. The monoisotopic (exact) mass is 363 g/mol. The minimum Gasteiger partial charge on any atom is -0.496 e. The van der Waals surface area contributed by atoms with Crippen molar-refractivity contribution in [2.24, 2.45) is 0 Å². The number of alkyl carbamates (subject to hydrolysis) is 1. The van der Waals surface area contributed by atoms with Gasteiger partial charge in [-0.2, -0.15) is 13.2 Å². The lowest BCUT2D eigenvalue weighted by molar-refractivity contribution is -0.138. The third-order valence-corrected chi connectivity index (χ3v) is 3.27. The number of carbonyl (C=O) groups is 1. The van der Waals surface area contributed by atoms with Crippen LogP contribution in [0.25, 0.3) is 0 Å². The quantitative estimate of drug-likeness (QED) is 0.836. The molecule has 2 aromatic rings. The smallest absolute Gasteiger partial charge is 0.420 e. The predicted octanol–water partition coefficient (Wildman–Crippen LogP) is 3.99. The molecule has 0 aromatic heterocycles. The molecule has 0 aliphatic rings. The first-order valence-electron chi connectivity index (χ1n) is 7.59. The Hall–Kier alpha value is -3.14. The molecule has 1 N–H and O–H groups in total. The Kier molecular flexibility index (Phi) is 6.50. The highest BCUT2D eigenvalue weighted by Gasteiger charge is 2.34. The summed E-state index contributed by atoms with van der Waals surface area (Å²) in [5.74, 6) is 4.87. The van der Waals surface area contributed by atoms with Crippen LogP contribution in [0.4, 0.5) is 18.0 Å². The van der Waals surface area contributed by atoms with Gasteiger partial charge < -0.3 is 14.8 Å². The summed E-state index contributed by atoms with van der Waals surface area (Å²) >= 11 is 0. The Morgan fingerprint density at radius 3 is 2.54 bits per heavy atom. The van der Waals surface area contributed by atoms with Crippen molar-refractivity contribution < 1.29 is 27.4 Å². The minimum absolute atomic E-state index is 0.0546. The Balaban J connectivity index is 1.88. The summed E-state index contributed by atoms with van der Waals surface area (Å²) in [4.78, 5) is 11.5. The van der Waals surface area contributed by atoms with Crippen LogP contribution < -0.4 is 10.1 Å². The molecule has 0 fully saturated rings. The van der Waals surface area contributed by atoms with Crippen molar-refractivity contribution in [1.29, 1.82) is 0 Å². The van der Waals surface area contributed by atoms with E-state index in [9.17, 15) is 18.0 Å². The number of alkyl halides is 3. The van der Waals surface area contributed by atoms with E-state index in [1.807, 2.05) is 30.3 Å². The fourth-order valence-corrected chi connectivity index (χ4v) is 2.04. The maximum Gasteiger partial charge on any atom is 0.420 e. The Morgan fingerprint density at radius 2 is 1.88 bits per heavy atom. The molecule has 0 atom stereocenters. The molecule has 0 spiro atoms. The summed E-state index contributed by atoms with van der Waals surface area (Å²) in [6, 6.07) is 12.6. The zero-order chi connectivity index (χ0) is 19.0. The first-order valence-corrected chi connectivity index (χ1v) is 7.59. The lowest BCUT2D eigenvalue weighted by atomic mass is 10.1. The first kappa shape index (κ1) is 19.2. The number of methoxy groups -OCH3 is 1. The van der Waals surface area contributed by atoms with E-state index < -0.39 is 17.8 Å². The van der Waals surface area contributed by atoms with E-state index in [-0.39, 0.29) is 24.5 Å². The summed E-state index contributed by atoms with van der Waals surface area (Å²) in [7, 11) is 1.17. The predicted molar refractivity (Wildman–Crippen MR) is 89.5 cm³/mol. The lowest BCUT2D eigenvalue weighted by Gasteiger charge is -2.11. The van der Waals surface area contributed by atoms with Crippen LogP contribution in [-0.2, 0) is 17.5 Å². The highest BCUT2D eigenvalue weighted by molar-refractivity contribution is 5.67. The number of rotatable bonds is 4. The molecule has 0 saturated heterocycles. The topological polar surface area (TPSA) is 47.6 Å². The summed E-state index contributed by atoms with van der Waals surface area (Å²) < 4.78 is 48.5. The van der Waals surface area contributed by atoms with Crippen molar-refractivity contribution in [2.75, 3.05) is 13.7 Å². The van der Waals surface area contributed by atoms with Crippen LogP contribution >= 0.6 is 0 Å². The molecule has 0 radical (unpaired) electrons. The van der Waals surface area contributed by atoms with E-state index in [2.05, 4.69) is 17.2 Å². The number of carbonyl (C=O) groups excluding carboxylic acids is 1. The fraction of sp³-hybridized carbons (Fsp3) is 0.211. The molecular formula is C19H16F3NO3. The second-order valence-electron chi connectivity index (χ2n) is 5.13. The van der Waals surface area contributed by atoms with Gasteiger partial charge in [0.15, 0.2) is 0 Å². The number of hydrogen-bond acceptors (Lipinski definition) is 3. The third-order valence-electron chi connectivity index (χ3n) is 3.27. The molecule has 2 rings (SSSR count). The van der Waals surface area contributed by atoms with Gasteiger partial charge in [-0.05, 0) is 23.8 Å². The summed E-state index contributed by atoms with van der Waals surface area (Å²) in [5.41, 5.74) is 0.103. The van der Waals surface area contributed by atoms with Crippen LogP contribution in [0.3, 0.4) is 0 Å². The van der Waals surface area contributed by atoms with Gasteiger partial charge in [0.2, 0.25) is 0 Å². The van der Waals surface area contributed by atoms with Gasteiger partial charge in [0.05, 0.1) is 19.2 Å². The normalized spacial score (nSPS) is 10.5. The number of ether oxygens (including phenoxy) is 2. The Bertz CT molecular complexity index is 808. The van der Waals surface area contributed by atoms with E-state index in [0.717, 1.165) is 11.6 Å². The average Bonchev–Trinajstić information content (AvgIpc) is 2.63. The second-order valence-corrected chi connectivity index (χ2v) is 5.13. The van der Waals surface area contributed by atoms with Crippen LogP contribution in [0.2, 0.25) is 0 Å². The molecule has 1 amide bonds. The molecule has 4 nitrogen and oxygen atoms in total. The van der Waals surface area contributed by atoms with Gasteiger partial charge in [-0.3, -0.25) is 0 Å². The molecule has 136 valence electrons. The van der Waals surface area contributed by atoms with Crippen molar-refractivity contribution >= 4 is 6.09 Å². The molecule has 2 aromatic carbocycles. The number of nitrogens with one attached hydrogen (secondary N) is 1. The van der Waals surface area contributed by atoms with Crippen molar-refractivity contribution in [1.82, 2.24) is 5.32 Å². The summed E-state index contributed by atoms with van der Waals surface area (Å²) in [5, 5.41) is 2.41. The SMILES string of the molecule is COc1ccc(C#CCNC(=O)OCc2ccccc2)cc1C(F)(F)F. The van der Waals surface area contributed by atoms with Crippen LogP contribution in [0.15, 0.2) is 48.5 Å². The number of amides is 1. The van der Waals surface area contributed by atoms with Crippen molar-refractivity contribution in [2.45, 2.75) is 12.8 Å². The van der Waals surface area contributed by atoms with Crippen LogP contribution in [0.1, 0.15) is 16.7 Å². The van der Waals surface area contributed by atoms with Crippen LogP contribution in [0, 0.1) is 11.8 Å². The van der Waals surface area contributed by atoms with Crippen molar-refractivity contribution in [3.8, 4) is 17.6 Å². The van der Waals surface area contributed by atoms with Crippen molar-refractivity contribution in [3.05, 3.63) is 65.2 Å². The van der Waals surface area contributed by atoms with Crippen LogP contribution in [0.5, 0.6) is 5.75 Å². The van der Waals surface area contributed by atoms with Gasteiger partial charge in [0, 0.05) is 5.56 Å². The summed E-state index contributed by atoms with van der Waals surface area (Å²) in [6.45, 7) is 0.0640. The first-order chi connectivity index (χ1) is 12.4. The van der Waals surface area contributed by atoms with Gasteiger partial charge in [0.25, 0.3) is 0 Å². The highest BCUT2D eigenvalue weighted by atomic mass is 19.4. The molecule has 0 aliphatic carbocycles. The highest BCUT2D eigenvalue weighted by Crippen LogP contribution is 2.36. The lowest BCUT2D eigenvalue weighted by Crippen LogP contribution is -2.24. The zero-order valence-electron chi connectivity index (χ0n) is 13.9. The second kappa shape index (κ2) is 8.81. The molecule has 7 heteroatoms. The van der Waals surface area contributed by atoms with E-state index in [0.29, 0.717) is 0 Å². The van der Waals surface area contributed by atoms with Crippen molar-refractivity contribution in [3.63, 3.8) is 0 Å². The Labute approximate surface area is 148 Å². The van der Waals surface area contributed by atoms with Gasteiger partial charge in [0.1, 0.15) is 12.4 Å². The summed E-state index contributed by atoms with van der Waals surface area (Å²) in [6.07, 6.45) is -5.20. The largest absolute Gasteiger partial charge is 0.496 e. The molecule has 26 heavy (non-hydrogen) atoms. The fourth-order valence-electron chi connectivity index (χ4n) is 2.04. The average molecular weight is 363 g/mol. The van der Waals surface area contributed by atoms with E-state index >= 15 is 0 Å². The number of halogens is 3. The van der Waals surface area contributed by atoms with E-state index in [1.165, 1.54) is 19.2 Å². The Morgan fingerprint density at radius 1 is 1.15 bits per heavy atom. The van der Waals surface area contributed by atoms with Gasteiger partial charge in [-0.15, -0.1) is 0 Å². The van der Waals surface area contributed by atoms with E-state index in [1.54, 1.807) is 0 Å². The molecule has 0 saturated carbocycles. The third kappa shape index (κ3) is 5.74.